The first-order valence-electron chi connectivity index (χ1n) is 11.0. The Kier molecular flexibility index (Phi) is 7.40. The van der Waals surface area contributed by atoms with Crippen LogP contribution in [0.2, 0.25) is 0 Å². The molecule has 1 saturated heterocycles. The van der Waals surface area contributed by atoms with E-state index in [-0.39, 0.29) is 0 Å². The molecule has 30 heavy (non-hydrogen) atoms. The predicted octanol–water partition coefficient (Wildman–Crippen LogP) is 3.47. The van der Waals surface area contributed by atoms with Crippen molar-refractivity contribution in [2.45, 2.75) is 26.3 Å². The quantitative estimate of drug-likeness (QED) is 0.527. The van der Waals surface area contributed by atoms with E-state index in [1.165, 1.54) is 33.9 Å². The van der Waals surface area contributed by atoms with Crippen LogP contribution in [0.1, 0.15) is 23.6 Å². The van der Waals surface area contributed by atoms with Crippen LogP contribution in [-0.2, 0) is 19.4 Å². The lowest BCUT2D eigenvalue weighted by Crippen LogP contribution is -2.38. The maximum atomic E-state index is 5.60. The number of aliphatic imine (C=N–C) groups is 1. The van der Waals surface area contributed by atoms with Crippen molar-refractivity contribution < 1.29 is 4.74 Å². The maximum absolute atomic E-state index is 5.60. The summed E-state index contributed by atoms with van der Waals surface area (Å²) in [5, 5.41) is 6.82. The Bertz CT molecular complexity index is 847. The van der Waals surface area contributed by atoms with Gasteiger partial charge in [-0.25, -0.2) is 4.99 Å². The van der Waals surface area contributed by atoms with Crippen LogP contribution in [0.15, 0.2) is 47.5 Å². The molecule has 2 aliphatic rings. The van der Waals surface area contributed by atoms with Gasteiger partial charge in [0.2, 0.25) is 0 Å². The molecule has 0 aliphatic carbocycles. The molecule has 2 N–H and O–H groups in total. The first-order valence-corrected chi connectivity index (χ1v) is 12.2. The minimum atomic E-state index is 0.682. The summed E-state index contributed by atoms with van der Waals surface area (Å²) in [5.41, 5.74) is 5.24. The van der Waals surface area contributed by atoms with E-state index < -0.39 is 0 Å². The van der Waals surface area contributed by atoms with Gasteiger partial charge in [-0.1, -0.05) is 24.3 Å². The third-order valence-corrected chi connectivity index (χ3v) is 6.48. The molecule has 1 fully saturated rings. The number of rotatable bonds is 7. The van der Waals surface area contributed by atoms with Crippen molar-refractivity contribution >= 4 is 23.4 Å². The van der Waals surface area contributed by atoms with Crippen molar-refractivity contribution in [3.63, 3.8) is 0 Å². The highest BCUT2D eigenvalue weighted by Gasteiger charge is 2.12. The van der Waals surface area contributed by atoms with Gasteiger partial charge in [-0.3, -0.25) is 0 Å². The largest absolute Gasteiger partial charge is 0.493 e. The molecule has 2 aromatic rings. The van der Waals surface area contributed by atoms with Crippen molar-refractivity contribution in [3.8, 4) is 5.75 Å². The number of thioether (sulfide) groups is 1. The Labute approximate surface area is 184 Å². The molecule has 2 heterocycles. The summed E-state index contributed by atoms with van der Waals surface area (Å²) in [4.78, 5) is 7.24. The van der Waals surface area contributed by atoms with Crippen LogP contribution in [0.4, 0.5) is 5.69 Å². The first-order chi connectivity index (χ1) is 14.8. The first kappa shape index (κ1) is 20.9. The Hall–Kier alpha value is -2.34. The van der Waals surface area contributed by atoms with Gasteiger partial charge in [0.1, 0.15) is 5.75 Å². The van der Waals surface area contributed by atoms with E-state index in [4.69, 9.17) is 9.73 Å². The highest BCUT2D eigenvalue weighted by Crippen LogP contribution is 2.26. The van der Waals surface area contributed by atoms with E-state index in [1.807, 2.05) is 11.8 Å². The van der Waals surface area contributed by atoms with Crippen LogP contribution >= 0.6 is 11.8 Å². The van der Waals surface area contributed by atoms with Gasteiger partial charge in [-0.05, 0) is 48.2 Å². The van der Waals surface area contributed by atoms with E-state index >= 15 is 0 Å². The zero-order valence-electron chi connectivity index (χ0n) is 17.8. The average Bonchev–Trinajstić information content (AvgIpc) is 3.26. The standard InChI is InChI=1S/C24H32N4OS/c1-2-25-24(26-11-9-19-5-8-23-21(17-19)10-14-29-23)27-18-20-3-6-22(7-4-20)28-12-15-30-16-13-28/h3-8,17H,2,9-16,18H2,1H3,(H2,25,26,27). The number of anilines is 1. The summed E-state index contributed by atoms with van der Waals surface area (Å²) in [6.45, 7) is 7.60. The fourth-order valence-electron chi connectivity index (χ4n) is 3.87. The van der Waals surface area contributed by atoms with Crippen molar-refractivity contribution in [1.82, 2.24) is 10.6 Å². The molecule has 0 aromatic heterocycles. The number of hydrogen-bond acceptors (Lipinski definition) is 4. The van der Waals surface area contributed by atoms with Gasteiger partial charge >= 0.3 is 0 Å². The summed E-state index contributed by atoms with van der Waals surface area (Å²) >= 11 is 2.04. The van der Waals surface area contributed by atoms with Crippen molar-refractivity contribution in [2.24, 2.45) is 4.99 Å². The third kappa shape index (κ3) is 5.63. The molecule has 2 aromatic carbocycles. The maximum Gasteiger partial charge on any atom is 0.191 e. The van der Waals surface area contributed by atoms with Crippen molar-refractivity contribution in [3.05, 3.63) is 59.2 Å². The molecule has 0 atom stereocenters. The molecule has 4 rings (SSSR count). The monoisotopic (exact) mass is 424 g/mol. The Morgan fingerprint density at radius 2 is 1.87 bits per heavy atom. The second-order valence-corrected chi connectivity index (χ2v) is 8.90. The fraction of sp³-hybridized carbons (Fsp3) is 0.458. The van der Waals surface area contributed by atoms with Gasteiger partial charge in [0.05, 0.1) is 13.2 Å². The van der Waals surface area contributed by atoms with Crippen LogP contribution < -0.4 is 20.3 Å². The molecule has 0 amide bonds. The number of guanidine groups is 1. The SMILES string of the molecule is CCNC(=NCc1ccc(N2CCSCC2)cc1)NCCc1ccc2c(c1)CCO2. The van der Waals surface area contributed by atoms with Gasteiger partial charge in [-0.2, -0.15) is 11.8 Å². The fourth-order valence-corrected chi connectivity index (χ4v) is 4.77. The normalized spacial score (nSPS) is 16.2. The second kappa shape index (κ2) is 10.6. The van der Waals surface area contributed by atoms with Gasteiger partial charge in [0, 0.05) is 49.8 Å². The molecule has 2 aliphatic heterocycles. The summed E-state index contributed by atoms with van der Waals surface area (Å²) in [6.07, 6.45) is 2.00. The minimum absolute atomic E-state index is 0.682. The van der Waals surface area contributed by atoms with Crippen LogP contribution in [-0.4, -0.2) is 50.3 Å². The van der Waals surface area contributed by atoms with E-state index in [2.05, 4.69) is 64.9 Å². The minimum Gasteiger partial charge on any atom is -0.493 e. The molecule has 0 unspecified atom stereocenters. The lowest BCUT2D eigenvalue weighted by molar-refractivity contribution is 0.357. The highest BCUT2D eigenvalue weighted by molar-refractivity contribution is 7.99. The zero-order chi connectivity index (χ0) is 20.6. The predicted molar refractivity (Wildman–Crippen MR) is 128 cm³/mol. The summed E-state index contributed by atoms with van der Waals surface area (Å²) < 4.78 is 5.60. The van der Waals surface area contributed by atoms with Crippen molar-refractivity contribution in [2.75, 3.05) is 49.2 Å². The summed E-state index contributed by atoms with van der Waals surface area (Å²) in [5.74, 6) is 4.37. The van der Waals surface area contributed by atoms with Crippen LogP contribution in [0.3, 0.4) is 0 Å². The van der Waals surface area contributed by atoms with Gasteiger partial charge in [0.25, 0.3) is 0 Å². The van der Waals surface area contributed by atoms with E-state index in [1.54, 1.807) is 0 Å². The van der Waals surface area contributed by atoms with E-state index in [0.29, 0.717) is 6.54 Å². The summed E-state index contributed by atoms with van der Waals surface area (Å²) in [6, 6.07) is 15.4. The lowest BCUT2D eigenvalue weighted by atomic mass is 10.1. The Morgan fingerprint density at radius 3 is 2.67 bits per heavy atom. The van der Waals surface area contributed by atoms with Gasteiger partial charge in [-0.15, -0.1) is 0 Å². The number of nitrogens with one attached hydrogen (secondary N) is 2. The van der Waals surface area contributed by atoms with Crippen molar-refractivity contribution in [1.29, 1.82) is 0 Å². The van der Waals surface area contributed by atoms with E-state index in [0.717, 1.165) is 57.3 Å². The molecule has 6 heteroatoms. The van der Waals surface area contributed by atoms with E-state index in [9.17, 15) is 0 Å². The number of benzene rings is 2. The highest BCUT2D eigenvalue weighted by atomic mass is 32.2. The molecular formula is C24H32N4OS. The zero-order valence-corrected chi connectivity index (χ0v) is 18.6. The summed E-state index contributed by atoms with van der Waals surface area (Å²) in [7, 11) is 0. The smallest absolute Gasteiger partial charge is 0.191 e. The topological polar surface area (TPSA) is 48.9 Å². The van der Waals surface area contributed by atoms with Crippen LogP contribution in [0, 0.1) is 0 Å². The molecule has 0 saturated carbocycles. The molecule has 160 valence electrons. The lowest BCUT2D eigenvalue weighted by Gasteiger charge is -2.28. The molecule has 0 radical (unpaired) electrons. The van der Waals surface area contributed by atoms with Gasteiger partial charge < -0.3 is 20.3 Å². The Morgan fingerprint density at radius 1 is 1.07 bits per heavy atom. The number of hydrogen-bond donors (Lipinski definition) is 2. The molecule has 0 spiro atoms. The number of fused-ring (bicyclic) bond motifs is 1. The van der Waals surface area contributed by atoms with Crippen LogP contribution in [0.5, 0.6) is 5.75 Å². The third-order valence-electron chi connectivity index (χ3n) is 5.54. The number of ether oxygens (including phenoxy) is 1. The van der Waals surface area contributed by atoms with Crippen LogP contribution in [0.25, 0.3) is 0 Å². The average molecular weight is 425 g/mol. The second-order valence-electron chi connectivity index (χ2n) is 7.68. The Balaban J connectivity index is 1.28. The molecule has 5 nitrogen and oxygen atoms in total. The molecular weight excluding hydrogens is 392 g/mol. The van der Waals surface area contributed by atoms with Gasteiger partial charge in [0.15, 0.2) is 5.96 Å². The molecule has 0 bridgehead atoms. The number of nitrogens with zero attached hydrogens (tertiary/aromatic N) is 2.